The first-order valence-corrected chi connectivity index (χ1v) is 9.30. The van der Waals surface area contributed by atoms with Gasteiger partial charge in [0.15, 0.2) is 0 Å². The fraction of sp³-hybridized carbons (Fsp3) is 0.167. The molecule has 1 aromatic heterocycles. The molecule has 0 fully saturated rings. The van der Waals surface area contributed by atoms with Crippen molar-refractivity contribution in [3.8, 4) is 17.1 Å². The van der Waals surface area contributed by atoms with E-state index in [1.165, 1.54) is 0 Å². The number of para-hydroxylation sites is 1. The van der Waals surface area contributed by atoms with Crippen LogP contribution >= 0.6 is 0 Å². The molecule has 134 valence electrons. The summed E-state index contributed by atoms with van der Waals surface area (Å²) in [5, 5.41) is 6.57. The highest BCUT2D eigenvalue weighted by Crippen LogP contribution is 2.21. The molecule has 0 radical (unpaired) electrons. The first-order chi connectivity index (χ1) is 12.6. The van der Waals surface area contributed by atoms with Crippen LogP contribution in [0.25, 0.3) is 11.4 Å². The highest BCUT2D eigenvalue weighted by Gasteiger charge is 2.15. The van der Waals surface area contributed by atoms with Crippen molar-refractivity contribution in [1.82, 2.24) is 10.1 Å². The lowest BCUT2D eigenvalue weighted by atomic mass is 10.2. The second kappa shape index (κ2) is 8.39. The Morgan fingerprint density at radius 3 is 2.77 bits per heavy atom. The Morgan fingerprint density at radius 1 is 1.19 bits per heavy atom. The molecule has 3 rings (SSSR count). The van der Waals surface area contributed by atoms with Crippen molar-refractivity contribution in [2.45, 2.75) is 5.75 Å². The van der Waals surface area contributed by atoms with E-state index >= 15 is 0 Å². The molecule has 0 saturated carbocycles. The van der Waals surface area contributed by atoms with E-state index in [1.807, 2.05) is 36.4 Å². The summed E-state index contributed by atoms with van der Waals surface area (Å²) < 4.78 is 22.5. The zero-order valence-corrected chi connectivity index (χ0v) is 14.9. The summed E-state index contributed by atoms with van der Waals surface area (Å²) in [6.07, 6.45) is 0. The second-order valence-corrected chi connectivity index (χ2v) is 6.84. The molecule has 1 heterocycles. The average Bonchev–Trinajstić information content (AvgIpc) is 3.10. The van der Waals surface area contributed by atoms with Gasteiger partial charge in [0.25, 0.3) is 0 Å². The van der Waals surface area contributed by atoms with Crippen molar-refractivity contribution in [3.05, 3.63) is 60.5 Å². The lowest BCUT2D eigenvalue weighted by Crippen LogP contribution is -2.20. The number of carbonyl (C=O) groups excluding carboxylic acids is 1. The maximum Gasteiger partial charge on any atom is 0.239 e. The Hall–Kier alpha value is -3.00. The number of hydrogen-bond donors (Lipinski definition) is 1. The molecule has 1 atom stereocenters. The summed E-state index contributed by atoms with van der Waals surface area (Å²) in [6.45, 7) is 0. The van der Waals surface area contributed by atoms with Gasteiger partial charge in [-0.2, -0.15) is 4.98 Å². The summed E-state index contributed by atoms with van der Waals surface area (Å²) in [6, 6.07) is 16.2. The van der Waals surface area contributed by atoms with E-state index in [2.05, 4.69) is 15.5 Å². The highest BCUT2D eigenvalue weighted by atomic mass is 32.2. The summed E-state index contributed by atoms with van der Waals surface area (Å²) in [4.78, 5) is 16.2. The molecule has 0 bridgehead atoms. The molecule has 8 heteroatoms. The third-order valence-corrected chi connectivity index (χ3v) is 4.58. The first-order valence-electron chi connectivity index (χ1n) is 7.81. The van der Waals surface area contributed by atoms with Crippen molar-refractivity contribution in [1.29, 1.82) is 0 Å². The SMILES string of the molecule is COc1cccc(-c2noc(CS(=O)CC(=O)Nc3ccccc3)n2)c1. The fourth-order valence-corrected chi connectivity index (χ4v) is 3.11. The molecular formula is C18H17N3O4S. The van der Waals surface area contributed by atoms with Gasteiger partial charge in [0.05, 0.1) is 7.11 Å². The predicted octanol–water partition coefficient (Wildman–Crippen LogP) is 2.63. The van der Waals surface area contributed by atoms with Gasteiger partial charge in [0.1, 0.15) is 17.3 Å². The molecule has 2 aromatic carbocycles. The quantitative estimate of drug-likeness (QED) is 0.686. The smallest absolute Gasteiger partial charge is 0.239 e. The molecule has 0 aliphatic carbocycles. The molecule has 1 amide bonds. The minimum absolute atomic E-state index is 0.0131. The summed E-state index contributed by atoms with van der Waals surface area (Å²) in [5.74, 6) is 0.806. The Bertz CT molecular complexity index is 912. The Morgan fingerprint density at radius 2 is 2.00 bits per heavy atom. The highest BCUT2D eigenvalue weighted by molar-refractivity contribution is 7.84. The van der Waals surface area contributed by atoms with Crippen LogP contribution in [0, 0.1) is 0 Å². The van der Waals surface area contributed by atoms with Crippen molar-refractivity contribution in [3.63, 3.8) is 0 Å². The summed E-state index contributed by atoms with van der Waals surface area (Å²) in [7, 11) is 0.117. The number of ether oxygens (including phenoxy) is 1. The van der Waals surface area contributed by atoms with Crippen LogP contribution in [-0.4, -0.2) is 33.1 Å². The van der Waals surface area contributed by atoms with Crippen LogP contribution in [0.15, 0.2) is 59.1 Å². The van der Waals surface area contributed by atoms with Crippen LogP contribution in [0.2, 0.25) is 0 Å². The Kier molecular flexibility index (Phi) is 5.75. The standard InChI is InChI=1S/C18H17N3O4S/c1-24-15-9-5-6-13(10-15)18-20-17(25-21-18)12-26(23)11-16(22)19-14-7-3-2-4-8-14/h2-10H,11-12H2,1H3,(H,19,22). The van der Waals surface area contributed by atoms with Gasteiger partial charge in [-0.1, -0.05) is 35.5 Å². The number of hydrogen-bond acceptors (Lipinski definition) is 6. The number of amides is 1. The lowest BCUT2D eigenvalue weighted by Gasteiger charge is -2.03. The van der Waals surface area contributed by atoms with E-state index in [4.69, 9.17) is 9.26 Å². The van der Waals surface area contributed by atoms with Gasteiger partial charge in [-0.3, -0.25) is 9.00 Å². The van der Waals surface area contributed by atoms with Gasteiger partial charge < -0.3 is 14.6 Å². The van der Waals surface area contributed by atoms with Crippen molar-refractivity contribution in [2.75, 3.05) is 18.2 Å². The third-order valence-electron chi connectivity index (χ3n) is 3.43. The van der Waals surface area contributed by atoms with Gasteiger partial charge in [0.2, 0.25) is 17.6 Å². The number of carbonyl (C=O) groups is 1. The normalized spacial score (nSPS) is 11.7. The molecule has 1 N–H and O–H groups in total. The van der Waals surface area contributed by atoms with Gasteiger partial charge in [0, 0.05) is 22.1 Å². The summed E-state index contributed by atoms with van der Waals surface area (Å²) >= 11 is 0. The van der Waals surface area contributed by atoms with Crippen LogP contribution in [0.4, 0.5) is 5.69 Å². The predicted molar refractivity (Wildman–Crippen MR) is 98.1 cm³/mol. The number of methoxy groups -OCH3 is 1. The van der Waals surface area contributed by atoms with Gasteiger partial charge in [-0.15, -0.1) is 0 Å². The van der Waals surface area contributed by atoms with Crippen molar-refractivity contribution < 1.29 is 18.3 Å². The lowest BCUT2D eigenvalue weighted by molar-refractivity contribution is -0.113. The van der Waals surface area contributed by atoms with Crippen molar-refractivity contribution in [2.24, 2.45) is 0 Å². The zero-order valence-electron chi connectivity index (χ0n) is 14.0. The monoisotopic (exact) mass is 371 g/mol. The minimum Gasteiger partial charge on any atom is -0.497 e. The first kappa shape index (κ1) is 17.8. The molecule has 0 saturated heterocycles. The van der Waals surface area contributed by atoms with Crippen LogP contribution in [0.1, 0.15) is 5.89 Å². The summed E-state index contributed by atoms with van der Waals surface area (Å²) in [5.41, 5.74) is 1.39. The molecule has 1 unspecified atom stereocenters. The van der Waals surface area contributed by atoms with E-state index < -0.39 is 10.8 Å². The molecule has 26 heavy (non-hydrogen) atoms. The van der Waals surface area contributed by atoms with E-state index in [0.29, 0.717) is 17.3 Å². The van der Waals surface area contributed by atoms with Crippen LogP contribution in [0.5, 0.6) is 5.75 Å². The molecule has 3 aromatic rings. The van der Waals surface area contributed by atoms with E-state index in [9.17, 15) is 9.00 Å². The molecular weight excluding hydrogens is 354 g/mol. The minimum atomic E-state index is -1.46. The van der Waals surface area contributed by atoms with Gasteiger partial charge in [-0.05, 0) is 24.3 Å². The third kappa shape index (κ3) is 4.76. The average molecular weight is 371 g/mol. The maximum absolute atomic E-state index is 12.2. The fourth-order valence-electron chi connectivity index (χ4n) is 2.25. The molecule has 7 nitrogen and oxygen atoms in total. The van der Waals surface area contributed by atoms with Crippen LogP contribution < -0.4 is 10.1 Å². The number of aromatic nitrogens is 2. The maximum atomic E-state index is 12.2. The number of nitrogens with zero attached hydrogens (tertiary/aromatic N) is 2. The second-order valence-electron chi connectivity index (χ2n) is 5.39. The Labute approximate surface area is 152 Å². The van der Waals surface area contributed by atoms with Crippen LogP contribution in [0.3, 0.4) is 0 Å². The number of anilines is 1. The zero-order chi connectivity index (χ0) is 18.4. The van der Waals surface area contributed by atoms with E-state index in [1.54, 1.807) is 25.3 Å². The van der Waals surface area contributed by atoms with Gasteiger partial charge in [-0.25, -0.2) is 0 Å². The molecule has 0 spiro atoms. The van der Waals surface area contributed by atoms with Gasteiger partial charge >= 0.3 is 0 Å². The van der Waals surface area contributed by atoms with E-state index in [-0.39, 0.29) is 23.3 Å². The van der Waals surface area contributed by atoms with Crippen molar-refractivity contribution >= 4 is 22.4 Å². The molecule has 0 aliphatic heterocycles. The largest absolute Gasteiger partial charge is 0.497 e. The number of benzene rings is 2. The number of rotatable bonds is 7. The number of nitrogens with one attached hydrogen (secondary N) is 1. The van der Waals surface area contributed by atoms with E-state index in [0.717, 1.165) is 5.56 Å². The topological polar surface area (TPSA) is 94.3 Å². The molecule has 0 aliphatic rings. The van der Waals surface area contributed by atoms with Crippen LogP contribution in [-0.2, 0) is 21.3 Å². The Balaban J connectivity index is 1.58.